The molecule has 2 atom stereocenters. The fraction of sp³-hybridized carbons (Fsp3) is 0.267. The summed E-state index contributed by atoms with van der Waals surface area (Å²) >= 11 is 0. The fourth-order valence-corrected chi connectivity index (χ4v) is 5.38. The second-order valence-corrected chi connectivity index (χ2v) is 10.5. The number of nitrogens with zero attached hydrogens (tertiary/aromatic N) is 6. The van der Waals surface area contributed by atoms with Crippen LogP contribution in [0.5, 0.6) is 0 Å². The zero-order valence-electron chi connectivity index (χ0n) is 23.5. The third-order valence-corrected chi connectivity index (χ3v) is 7.49. The van der Waals surface area contributed by atoms with Crippen molar-refractivity contribution < 1.29 is 19.4 Å². The van der Waals surface area contributed by atoms with Gasteiger partial charge in [0.1, 0.15) is 0 Å². The highest BCUT2D eigenvalue weighted by atomic mass is 16.6. The molecule has 5 rings (SSSR count). The van der Waals surface area contributed by atoms with Crippen LogP contribution in [0.15, 0.2) is 72.8 Å². The molecule has 2 N–H and O–H groups in total. The number of benzene rings is 2. The summed E-state index contributed by atoms with van der Waals surface area (Å²) in [7, 11) is 0. The lowest BCUT2D eigenvalue weighted by Crippen LogP contribution is -2.19. The highest BCUT2D eigenvalue weighted by Crippen LogP contribution is 2.40. The first-order valence-corrected chi connectivity index (χ1v) is 14.0. The number of nitrogens with one attached hydrogen (secondary N) is 2. The number of nitro benzene ring substituents is 2. The zero-order chi connectivity index (χ0) is 31.1. The van der Waals surface area contributed by atoms with Crippen molar-refractivity contribution >= 4 is 34.8 Å². The summed E-state index contributed by atoms with van der Waals surface area (Å²) in [6.07, 6.45) is 3.23. The molecule has 0 spiro atoms. The van der Waals surface area contributed by atoms with E-state index in [-0.39, 0.29) is 47.7 Å². The predicted octanol–water partition coefficient (Wildman–Crippen LogP) is 4.89. The zero-order valence-corrected chi connectivity index (χ0v) is 23.5. The molecule has 2 aromatic carbocycles. The number of aromatic nitrogens is 4. The van der Waals surface area contributed by atoms with Gasteiger partial charge < -0.3 is 10.6 Å². The fourth-order valence-electron chi connectivity index (χ4n) is 5.38. The van der Waals surface area contributed by atoms with Gasteiger partial charge in [0.2, 0.25) is 11.8 Å². The maximum absolute atomic E-state index is 12.5. The van der Waals surface area contributed by atoms with Crippen LogP contribution < -0.4 is 10.6 Å². The van der Waals surface area contributed by atoms with E-state index in [1.807, 2.05) is 12.1 Å². The molecule has 1 fully saturated rings. The molecule has 1 saturated carbocycles. The van der Waals surface area contributed by atoms with Crippen molar-refractivity contribution in [3.05, 3.63) is 116 Å². The lowest BCUT2D eigenvalue weighted by molar-refractivity contribution is -0.385. The van der Waals surface area contributed by atoms with E-state index in [2.05, 4.69) is 31.0 Å². The van der Waals surface area contributed by atoms with E-state index >= 15 is 0 Å². The third kappa shape index (κ3) is 7.40. The van der Waals surface area contributed by atoms with Gasteiger partial charge in [0.15, 0.2) is 11.6 Å². The Morgan fingerprint density at radius 1 is 0.659 bits per heavy atom. The summed E-state index contributed by atoms with van der Waals surface area (Å²) in [4.78, 5) is 46.4. The summed E-state index contributed by atoms with van der Waals surface area (Å²) in [6.45, 7) is 0. The number of nitro groups is 2. The first-order chi connectivity index (χ1) is 21.3. The maximum atomic E-state index is 12.5. The van der Waals surface area contributed by atoms with Crippen LogP contribution in [0, 0.1) is 20.2 Å². The molecule has 0 unspecified atom stereocenters. The van der Waals surface area contributed by atoms with Crippen LogP contribution >= 0.6 is 0 Å². The van der Waals surface area contributed by atoms with Gasteiger partial charge in [0.05, 0.1) is 34.1 Å². The van der Waals surface area contributed by atoms with E-state index in [1.165, 1.54) is 12.1 Å². The molecule has 0 bridgehead atoms. The van der Waals surface area contributed by atoms with Gasteiger partial charge in [-0.15, -0.1) is 10.2 Å². The standard InChI is InChI=1S/C30H28N8O6/c39-29(17-21-6-1-3-10-25(21)37(41)42)31-27-14-12-23(33-35-27)19-8-5-9-20(16-19)24-13-15-28(36-34-24)32-30(40)18-22-7-2-4-11-26(22)38(43)44/h1-4,6-7,10-15,19-20H,5,8-9,16-18H2,(H,31,35,39)(H,32,36,40)/t19-,20-/m1/s1. The Morgan fingerprint density at radius 2 is 1.09 bits per heavy atom. The Morgan fingerprint density at radius 3 is 1.48 bits per heavy atom. The van der Waals surface area contributed by atoms with Crippen molar-refractivity contribution in [3.8, 4) is 0 Å². The van der Waals surface area contributed by atoms with E-state index in [9.17, 15) is 29.8 Å². The topological polar surface area (TPSA) is 196 Å². The van der Waals surface area contributed by atoms with Gasteiger partial charge in [0, 0.05) is 35.1 Å². The summed E-state index contributed by atoms with van der Waals surface area (Å²) < 4.78 is 0. The van der Waals surface area contributed by atoms with Crippen molar-refractivity contribution in [2.24, 2.45) is 0 Å². The van der Waals surface area contributed by atoms with E-state index in [0.29, 0.717) is 11.1 Å². The molecule has 1 aliphatic carbocycles. The van der Waals surface area contributed by atoms with Gasteiger partial charge in [-0.1, -0.05) is 42.8 Å². The van der Waals surface area contributed by atoms with Gasteiger partial charge in [0.25, 0.3) is 11.4 Å². The average molecular weight is 597 g/mol. The summed E-state index contributed by atoms with van der Waals surface area (Å²) in [5.41, 5.74) is 1.97. The van der Waals surface area contributed by atoms with Gasteiger partial charge in [-0.25, -0.2) is 0 Å². The molecule has 224 valence electrons. The molecule has 2 aromatic heterocycles. The van der Waals surface area contributed by atoms with E-state index in [4.69, 9.17) is 0 Å². The van der Waals surface area contributed by atoms with Crippen LogP contribution in [0.2, 0.25) is 0 Å². The number of anilines is 2. The molecule has 14 heteroatoms. The van der Waals surface area contributed by atoms with Crippen LogP contribution in [-0.2, 0) is 22.4 Å². The molecular formula is C30H28N8O6. The minimum absolute atomic E-state index is 0.114. The average Bonchev–Trinajstić information content (AvgIpc) is 3.02. The first kappa shape index (κ1) is 29.8. The number of amides is 2. The lowest BCUT2D eigenvalue weighted by Gasteiger charge is -2.28. The number of hydrogen-bond donors (Lipinski definition) is 2. The Kier molecular flexibility index (Phi) is 9.18. The van der Waals surface area contributed by atoms with Gasteiger partial charge >= 0.3 is 0 Å². The SMILES string of the molecule is O=C(Cc1ccccc1[N+](=O)[O-])Nc1ccc([C@@H]2CCC[C@@H](c3ccc(NC(=O)Cc4ccccc4[N+](=O)[O-])nn3)C2)nn1. The van der Waals surface area contributed by atoms with E-state index in [1.54, 1.807) is 48.5 Å². The number of carbonyl (C=O) groups is 2. The monoisotopic (exact) mass is 596 g/mol. The molecule has 2 heterocycles. The van der Waals surface area contributed by atoms with Crippen LogP contribution in [0.1, 0.15) is 60.0 Å². The molecular weight excluding hydrogens is 568 g/mol. The molecule has 0 saturated heterocycles. The Labute approximate surface area is 251 Å². The highest BCUT2D eigenvalue weighted by molar-refractivity contribution is 5.92. The number of carbonyl (C=O) groups excluding carboxylic acids is 2. The molecule has 0 radical (unpaired) electrons. The van der Waals surface area contributed by atoms with Crippen LogP contribution in [0.25, 0.3) is 0 Å². The Balaban J connectivity index is 1.15. The predicted molar refractivity (Wildman–Crippen MR) is 159 cm³/mol. The summed E-state index contributed by atoms with van der Waals surface area (Å²) in [5.74, 6) is -0.0934. The van der Waals surface area contributed by atoms with Crippen molar-refractivity contribution in [3.63, 3.8) is 0 Å². The minimum Gasteiger partial charge on any atom is -0.309 e. The largest absolute Gasteiger partial charge is 0.309 e. The maximum Gasteiger partial charge on any atom is 0.273 e. The quantitative estimate of drug-likeness (QED) is 0.188. The lowest BCUT2D eigenvalue weighted by atomic mass is 9.78. The first-order valence-electron chi connectivity index (χ1n) is 14.0. The second-order valence-electron chi connectivity index (χ2n) is 10.5. The molecule has 0 aliphatic heterocycles. The Hall–Kier alpha value is -5.66. The van der Waals surface area contributed by atoms with Crippen LogP contribution in [0.3, 0.4) is 0 Å². The van der Waals surface area contributed by atoms with Crippen LogP contribution in [0.4, 0.5) is 23.0 Å². The van der Waals surface area contributed by atoms with E-state index < -0.39 is 21.7 Å². The van der Waals surface area contributed by atoms with Gasteiger partial charge in [-0.2, -0.15) is 10.2 Å². The molecule has 44 heavy (non-hydrogen) atoms. The molecule has 2 amide bonds. The smallest absolute Gasteiger partial charge is 0.273 e. The van der Waals surface area contributed by atoms with Gasteiger partial charge in [-0.3, -0.25) is 29.8 Å². The van der Waals surface area contributed by atoms with Crippen LogP contribution in [-0.4, -0.2) is 42.1 Å². The van der Waals surface area contributed by atoms with Crippen molar-refractivity contribution in [1.82, 2.24) is 20.4 Å². The second kappa shape index (κ2) is 13.5. The highest BCUT2D eigenvalue weighted by Gasteiger charge is 2.27. The molecule has 1 aliphatic rings. The molecule has 4 aromatic rings. The van der Waals surface area contributed by atoms with Crippen molar-refractivity contribution in [2.45, 2.75) is 50.4 Å². The van der Waals surface area contributed by atoms with Crippen molar-refractivity contribution in [2.75, 3.05) is 10.6 Å². The van der Waals surface area contributed by atoms with Crippen molar-refractivity contribution in [1.29, 1.82) is 0 Å². The Bertz CT molecular complexity index is 1560. The molecule has 14 nitrogen and oxygen atoms in total. The normalized spacial score (nSPS) is 16.1. The number of hydrogen-bond acceptors (Lipinski definition) is 10. The van der Waals surface area contributed by atoms with E-state index in [0.717, 1.165) is 37.1 Å². The third-order valence-electron chi connectivity index (χ3n) is 7.49. The van der Waals surface area contributed by atoms with Gasteiger partial charge in [-0.05, 0) is 43.5 Å². The number of para-hydroxylation sites is 2. The minimum atomic E-state index is -0.517. The summed E-state index contributed by atoms with van der Waals surface area (Å²) in [5, 5.41) is 44.7. The summed E-state index contributed by atoms with van der Waals surface area (Å²) in [6, 6.07) is 19.2. The number of rotatable bonds is 10.